The second-order valence-corrected chi connectivity index (χ2v) is 5.86. The second kappa shape index (κ2) is 5.20. The van der Waals surface area contributed by atoms with E-state index in [1.807, 2.05) is 12.1 Å². The van der Waals surface area contributed by atoms with Crippen LogP contribution in [-0.2, 0) is 4.74 Å². The minimum absolute atomic E-state index is 0.205. The maximum Gasteiger partial charge on any atom is 0.231 e. The van der Waals surface area contributed by atoms with Gasteiger partial charge in [0.2, 0.25) is 11.7 Å². The SMILES string of the molecule is c1cncc(-c2noc([C@@H]3CNCC34CCOCC4)n2)c1. The summed E-state index contributed by atoms with van der Waals surface area (Å²) < 4.78 is 11.1. The van der Waals surface area contributed by atoms with Gasteiger partial charge in [0.15, 0.2) is 0 Å². The monoisotopic (exact) mass is 286 g/mol. The van der Waals surface area contributed by atoms with Crippen molar-refractivity contribution in [2.75, 3.05) is 26.3 Å². The highest BCUT2D eigenvalue weighted by Crippen LogP contribution is 2.46. The number of hydrogen-bond acceptors (Lipinski definition) is 6. The molecular formula is C15H18N4O2. The zero-order valence-electron chi connectivity index (χ0n) is 11.8. The molecule has 0 aliphatic carbocycles. The van der Waals surface area contributed by atoms with E-state index in [0.29, 0.717) is 5.82 Å². The lowest BCUT2D eigenvalue weighted by Crippen LogP contribution is -2.35. The highest BCUT2D eigenvalue weighted by atomic mass is 16.5. The largest absolute Gasteiger partial charge is 0.381 e. The lowest BCUT2D eigenvalue weighted by atomic mass is 9.72. The molecule has 1 N–H and O–H groups in total. The molecule has 0 aromatic carbocycles. The van der Waals surface area contributed by atoms with Gasteiger partial charge in [-0.1, -0.05) is 5.16 Å². The van der Waals surface area contributed by atoms with E-state index < -0.39 is 0 Å². The van der Waals surface area contributed by atoms with Crippen LogP contribution in [-0.4, -0.2) is 41.4 Å². The molecule has 1 atom stereocenters. The molecule has 4 heterocycles. The first-order chi connectivity index (χ1) is 10.4. The van der Waals surface area contributed by atoms with E-state index in [1.165, 1.54) is 0 Å². The molecule has 4 rings (SSSR count). The van der Waals surface area contributed by atoms with Crippen molar-refractivity contribution in [2.24, 2.45) is 5.41 Å². The van der Waals surface area contributed by atoms with Gasteiger partial charge in [0, 0.05) is 44.3 Å². The maximum absolute atomic E-state index is 5.56. The first kappa shape index (κ1) is 12.9. The van der Waals surface area contributed by atoms with Crippen LogP contribution in [0.1, 0.15) is 24.7 Å². The van der Waals surface area contributed by atoms with Crippen LogP contribution >= 0.6 is 0 Å². The van der Waals surface area contributed by atoms with Crippen molar-refractivity contribution >= 4 is 0 Å². The van der Waals surface area contributed by atoms with Crippen LogP contribution in [0.15, 0.2) is 29.0 Å². The van der Waals surface area contributed by atoms with Crippen molar-refractivity contribution in [3.05, 3.63) is 30.4 Å². The lowest BCUT2D eigenvalue weighted by molar-refractivity contribution is 0.0122. The molecule has 2 aliphatic heterocycles. The zero-order chi connectivity index (χ0) is 14.1. The fourth-order valence-corrected chi connectivity index (χ4v) is 3.45. The minimum Gasteiger partial charge on any atom is -0.381 e. The van der Waals surface area contributed by atoms with Crippen LogP contribution in [0.3, 0.4) is 0 Å². The van der Waals surface area contributed by atoms with E-state index in [0.717, 1.165) is 50.6 Å². The molecule has 21 heavy (non-hydrogen) atoms. The molecule has 2 aromatic heterocycles. The highest BCUT2D eigenvalue weighted by Gasteiger charge is 2.47. The summed E-state index contributed by atoms with van der Waals surface area (Å²) in [6.07, 6.45) is 5.60. The third kappa shape index (κ3) is 2.24. The Hall–Kier alpha value is -1.79. The number of nitrogens with one attached hydrogen (secondary N) is 1. The summed E-state index contributed by atoms with van der Waals surface area (Å²) in [5.41, 5.74) is 1.09. The third-order valence-electron chi connectivity index (χ3n) is 4.71. The standard InChI is InChI=1S/C15H18N4O2/c1-2-11(8-16-5-1)13-18-14(21-19-13)12-9-17-10-15(12)3-6-20-7-4-15/h1-2,5,8,12,17H,3-4,6-7,9-10H2/t12-/m0/s1. The number of ether oxygens (including phenoxy) is 1. The number of hydrogen-bond donors (Lipinski definition) is 1. The molecule has 6 heteroatoms. The Morgan fingerprint density at radius 3 is 3.00 bits per heavy atom. The summed E-state index contributed by atoms with van der Waals surface area (Å²) in [5, 5.41) is 7.61. The molecule has 2 aromatic rings. The van der Waals surface area contributed by atoms with Gasteiger partial charge in [-0.3, -0.25) is 4.98 Å². The molecule has 6 nitrogen and oxygen atoms in total. The Morgan fingerprint density at radius 1 is 1.29 bits per heavy atom. The van der Waals surface area contributed by atoms with E-state index in [-0.39, 0.29) is 11.3 Å². The van der Waals surface area contributed by atoms with Gasteiger partial charge in [0.05, 0.1) is 5.92 Å². The summed E-state index contributed by atoms with van der Waals surface area (Å²) in [6.45, 7) is 3.55. The molecule has 0 bridgehead atoms. The van der Waals surface area contributed by atoms with Crippen molar-refractivity contribution in [1.82, 2.24) is 20.4 Å². The molecule has 0 unspecified atom stereocenters. The topological polar surface area (TPSA) is 73.1 Å². The molecule has 2 saturated heterocycles. The predicted octanol–water partition coefficient (Wildman–Crippen LogP) is 1.62. The molecule has 2 aliphatic rings. The highest BCUT2D eigenvalue weighted by molar-refractivity contribution is 5.52. The molecule has 1 spiro atoms. The first-order valence-electron chi connectivity index (χ1n) is 7.40. The molecule has 0 amide bonds. The molecule has 110 valence electrons. The number of rotatable bonds is 2. The Labute approximate surface area is 122 Å². The first-order valence-corrected chi connectivity index (χ1v) is 7.40. The Morgan fingerprint density at radius 2 is 2.19 bits per heavy atom. The quantitative estimate of drug-likeness (QED) is 0.904. The average molecular weight is 286 g/mol. The average Bonchev–Trinajstić information content (AvgIpc) is 3.16. The minimum atomic E-state index is 0.205. The van der Waals surface area contributed by atoms with Crippen LogP contribution in [0.5, 0.6) is 0 Å². The van der Waals surface area contributed by atoms with Crippen molar-refractivity contribution in [3.8, 4) is 11.4 Å². The van der Waals surface area contributed by atoms with E-state index >= 15 is 0 Å². The van der Waals surface area contributed by atoms with Gasteiger partial charge in [0.25, 0.3) is 0 Å². The predicted molar refractivity (Wildman–Crippen MR) is 75.6 cm³/mol. The van der Waals surface area contributed by atoms with Crippen LogP contribution in [0.25, 0.3) is 11.4 Å². The van der Waals surface area contributed by atoms with E-state index in [9.17, 15) is 0 Å². The van der Waals surface area contributed by atoms with E-state index in [4.69, 9.17) is 9.26 Å². The van der Waals surface area contributed by atoms with Gasteiger partial charge in [-0.05, 0) is 30.4 Å². The maximum atomic E-state index is 5.56. The molecular weight excluding hydrogens is 268 g/mol. The van der Waals surface area contributed by atoms with Gasteiger partial charge in [-0.25, -0.2) is 0 Å². The van der Waals surface area contributed by atoms with Crippen LogP contribution < -0.4 is 5.32 Å². The van der Waals surface area contributed by atoms with Gasteiger partial charge in [-0.15, -0.1) is 0 Å². The van der Waals surface area contributed by atoms with E-state index in [1.54, 1.807) is 12.4 Å². The fourth-order valence-electron chi connectivity index (χ4n) is 3.45. The second-order valence-electron chi connectivity index (χ2n) is 5.86. The Kier molecular flexibility index (Phi) is 3.20. The zero-order valence-corrected chi connectivity index (χ0v) is 11.8. The van der Waals surface area contributed by atoms with Crippen molar-refractivity contribution in [3.63, 3.8) is 0 Å². The fraction of sp³-hybridized carbons (Fsp3) is 0.533. The third-order valence-corrected chi connectivity index (χ3v) is 4.71. The summed E-state index contributed by atoms with van der Waals surface area (Å²) in [6, 6.07) is 3.82. The molecule has 0 radical (unpaired) electrons. The van der Waals surface area contributed by atoms with Crippen molar-refractivity contribution < 1.29 is 9.26 Å². The van der Waals surface area contributed by atoms with Crippen LogP contribution in [0.2, 0.25) is 0 Å². The summed E-state index contributed by atoms with van der Waals surface area (Å²) in [5.74, 6) is 1.63. The summed E-state index contributed by atoms with van der Waals surface area (Å²) in [7, 11) is 0. The Balaban J connectivity index is 1.63. The normalized spacial score (nSPS) is 24.5. The summed E-state index contributed by atoms with van der Waals surface area (Å²) in [4.78, 5) is 8.71. The van der Waals surface area contributed by atoms with Crippen LogP contribution in [0.4, 0.5) is 0 Å². The van der Waals surface area contributed by atoms with Crippen molar-refractivity contribution in [1.29, 1.82) is 0 Å². The van der Waals surface area contributed by atoms with Gasteiger partial charge >= 0.3 is 0 Å². The number of aromatic nitrogens is 3. The smallest absolute Gasteiger partial charge is 0.231 e. The van der Waals surface area contributed by atoms with Crippen LogP contribution in [0, 0.1) is 5.41 Å². The number of nitrogens with zero attached hydrogens (tertiary/aromatic N) is 3. The lowest BCUT2D eigenvalue weighted by Gasteiger charge is -2.36. The number of pyridine rings is 1. The van der Waals surface area contributed by atoms with Crippen molar-refractivity contribution in [2.45, 2.75) is 18.8 Å². The molecule has 2 fully saturated rings. The Bertz CT molecular complexity index is 607. The van der Waals surface area contributed by atoms with Gasteiger partial charge in [-0.2, -0.15) is 4.98 Å². The van der Waals surface area contributed by atoms with Gasteiger partial charge < -0.3 is 14.6 Å². The summed E-state index contributed by atoms with van der Waals surface area (Å²) >= 11 is 0. The molecule has 0 saturated carbocycles. The van der Waals surface area contributed by atoms with E-state index in [2.05, 4.69) is 20.4 Å². The van der Waals surface area contributed by atoms with Gasteiger partial charge in [0.1, 0.15) is 0 Å².